The molecule has 1 saturated carbocycles. The molecule has 1 fully saturated rings. The molecule has 2 nitrogen and oxygen atoms in total. The Bertz CT molecular complexity index is 357. The summed E-state index contributed by atoms with van der Waals surface area (Å²) in [6, 6.07) is 8.42. The quantitative estimate of drug-likeness (QED) is 0.816. The Balaban J connectivity index is 1.96. The lowest BCUT2D eigenvalue weighted by molar-refractivity contribution is 0.140. The number of hydrogen-bond acceptors (Lipinski definition) is 2. The van der Waals surface area contributed by atoms with Gasteiger partial charge in [-0.05, 0) is 50.7 Å². The van der Waals surface area contributed by atoms with Crippen LogP contribution < -0.4 is 5.73 Å². The Labute approximate surface area is 97.5 Å². The van der Waals surface area contributed by atoms with Gasteiger partial charge in [0.05, 0.1) is 5.60 Å². The van der Waals surface area contributed by atoms with Gasteiger partial charge in [0.25, 0.3) is 0 Å². The number of nitrogens with two attached hydrogens (primary N) is 1. The van der Waals surface area contributed by atoms with E-state index in [1.54, 1.807) is 0 Å². The Morgan fingerprint density at radius 1 is 1.25 bits per heavy atom. The Hall–Kier alpha value is -0.860. The fourth-order valence-electron chi connectivity index (χ4n) is 1.87. The summed E-state index contributed by atoms with van der Waals surface area (Å²) in [5.41, 5.74) is 7.85. The predicted molar refractivity (Wildman–Crippen MR) is 66.2 cm³/mol. The van der Waals surface area contributed by atoms with Crippen molar-refractivity contribution in [3.63, 3.8) is 0 Å². The maximum Gasteiger partial charge on any atom is 0.0653 e. The van der Waals surface area contributed by atoms with E-state index in [-0.39, 0.29) is 11.1 Å². The fraction of sp³-hybridized carbons (Fsp3) is 0.571. The van der Waals surface area contributed by atoms with Gasteiger partial charge in [-0.25, -0.2) is 0 Å². The smallest absolute Gasteiger partial charge is 0.0653 e. The maximum absolute atomic E-state index is 9.75. The van der Waals surface area contributed by atoms with Gasteiger partial charge < -0.3 is 10.8 Å². The first-order valence-corrected chi connectivity index (χ1v) is 6.00. The molecule has 0 bridgehead atoms. The highest BCUT2D eigenvalue weighted by molar-refractivity contribution is 5.27. The van der Waals surface area contributed by atoms with Crippen molar-refractivity contribution in [2.45, 2.75) is 50.7 Å². The summed E-state index contributed by atoms with van der Waals surface area (Å²) < 4.78 is 0. The highest BCUT2D eigenvalue weighted by Crippen LogP contribution is 2.39. The van der Waals surface area contributed by atoms with Crippen LogP contribution in [0.2, 0.25) is 0 Å². The summed E-state index contributed by atoms with van der Waals surface area (Å²) in [4.78, 5) is 0. The second-order valence-electron chi connectivity index (χ2n) is 5.64. The van der Waals surface area contributed by atoms with Crippen molar-refractivity contribution in [2.75, 3.05) is 0 Å². The van der Waals surface area contributed by atoms with Gasteiger partial charge in [-0.3, -0.25) is 0 Å². The van der Waals surface area contributed by atoms with Crippen LogP contribution in [0.1, 0.15) is 44.2 Å². The molecule has 1 aliphatic carbocycles. The van der Waals surface area contributed by atoms with Gasteiger partial charge in [0.1, 0.15) is 0 Å². The molecular formula is C14H21NO. The van der Waals surface area contributed by atoms with Crippen molar-refractivity contribution in [3.05, 3.63) is 35.4 Å². The zero-order chi connectivity index (χ0) is 11.8. The second kappa shape index (κ2) is 3.86. The molecule has 16 heavy (non-hydrogen) atoms. The first kappa shape index (κ1) is 11.6. The molecule has 0 radical (unpaired) electrons. The molecule has 0 aliphatic heterocycles. The number of aliphatic hydroxyl groups is 1. The summed E-state index contributed by atoms with van der Waals surface area (Å²) in [5.74, 6) is 0. The minimum atomic E-state index is -0.341. The topological polar surface area (TPSA) is 46.2 Å². The van der Waals surface area contributed by atoms with Crippen LogP contribution in [0.15, 0.2) is 24.3 Å². The molecule has 0 spiro atoms. The highest BCUT2D eigenvalue weighted by Gasteiger charge is 2.39. The average Bonchev–Trinajstić information content (AvgIpc) is 2.94. The number of hydrogen-bond donors (Lipinski definition) is 2. The van der Waals surface area contributed by atoms with Crippen molar-refractivity contribution in [2.24, 2.45) is 5.73 Å². The van der Waals surface area contributed by atoms with Crippen LogP contribution in [0.4, 0.5) is 0 Å². The first-order chi connectivity index (χ1) is 7.39. The number of benzene rings is 1. The molecular weight excluding hydrogens is 198 g/mol. The molecule has 0 saturated heterocycles. The predicted octanol–water partition coefficient (Wildman–Crippen LogP) is 2.34. The Kier molecular flexibility index (Phi) is 2.81. The molecule has 88 valence electrons. The lowest BCUT2D eigenvalue weighted by Gasteiger charge is -2.19. The minimum absolute atomic E-state index is 0.271. The zero-order valence-electron chi connectivity index (χ0n) is 10.2. The third kappa shape index (κ3) is 2.83. The van der Waals surface area contributed by atoms with Gasteiger partial charge in [0.2, 0.25) is 0 Å². The average molecular weight is 219 g/mol. The van der Waals surface area contributed by atoms with E-state index in [1.807, 2.05) is 13.8 Å². The largest absolute Gasteiger partial charge is 0.390 e. The van der Waals surface area contributed by atoms with Gasteiger partial charge >= 0.3 is 0 Å². The fourth-order valence-corrected chi connectivity index (χ4v) is 1.87. The van der Waals surface area contributed by atoms with Crippen molar-refractivity contribution in [3.8, 4) is 0 Å². The van der Waals surface area contributed by atoms with Gasteiger partial charge in [0.15, 0.2) is 0 Å². The van der Waals surface area contributed by atoms with Gasteiger partial charge in [-0.1, -0.05) is 24.3 Å². The summed E-state index contributed by atoms with van der Waals surface area (Å²) in [7, 11) is 0. The lowest BCUT2D eigenvalue weighted by Crippen LogP contribution is -2.28. The van der Waals surface area contributed by atoms with E-state index in [4.69, 9.17) is 5.73 Å². The van der Waals surface area contributed by atoms with Crippen LogP contribution >= 0.6 is 0 Å². The third-order valence-corrected chi connectivity index (χ3v) is 3.40. The molecule has 2 heteroatoms. The van der Waals surface area contributed by atoms with Crippen LogP contribution in [0, 0.1) is 0 Å². The summed E-state index contributed by atoms with van der Waals surface area (Å²) in [5, 5.41) is 9.75. The highest BCUT2D eigenvalue weighted by atomic mass is 16.3. The molecule has 1 aromatic rings. The van der Waals surface area contributed by atoms with Crippen LogP contribution in [0.3, 0.4) is 0 Å². The molecule has 2 rings (SSSR count). The summed E-state index contributed by atoms with van der Waals surface area (Å²) in [6.07, 6.45) is 3.79. The lowest BCUT2D eigenvalue weighted by atomic mass is 9.94. The van der Waals surface area contributed by atoms with Gasteiger partial charge in [0, 0.05) is 5.54 Å². The minimum Gasteiger partial charge on any atom is -0.390 e. The van der Waals surface area contributed by atoms with Crippen LogP contribution in [-0.4, -0.2) is 10.7 Å². The zero-order valence-corrected chi connectivity index (χ0v) is 10.2. The molecule has 0 amide bonds. The van der Waals surface area contributed by atoms with E-state index in [1.165, 1.54) is 5.56 Å². The van der Waals surface area contributed by atoms with Crippen molar-refractivity contribution in [1.29, 1.82) is 0 Å². The van der Waals surface area contributed by atoms with E-state index >= 15 is 0 Å². The van der Waals surface area contributed by atoms with Gasteiger partial charge in [-0.2, -0.15) is 0 Å². The van der Waals surface area contributed by atoms with E-state index in [2.05, 4.69) is 24.3 Å². The SMILES string of the molecule is CC(C)(N)c1ccc(CCC2(O)CC2)cc1. The third-order valence-electron chi connectivity index (χ3n) is 3.40. The number of rotatable bonds is 4. The van der Waals surface area contributed by atoms with Crippen molar-refractivity contribution >= 4 is 0 Å². The molecule has 1 aliphatic rings. The molecule has 3 N–H and O–H groups in total. The summed E-state index contributed by atoms with van der Waals surface area (Å²) in [6.45, 7) is 4.02. The Morgan fingerprint density at radius 2 is 1.81 bits per heavy atom. The van der Waals surface area contributed by atoms with Crippen LogP contribution in [0.25, 0.3) is 0 Å². The van der Waals surface area contributed by atoms with E-state index in [0.717, 1.165) is 31.2 Å². The van der Waals surface area contributed by atoms with Gasteiger partial charge in [-0.15, -0.1) is 0 Å². The molecule has 0 unspecified atom stereocenters. The van der Waals surface area contributed by atoms with E-state index in [9.17, 15) is 5.11 Å². The normalized spacial score (nSPS) is 18.5. The Morgan fingerprint density at radius 3 is 2.25 bits per heavy atom. The van der Waals surface area contributed by atoms with E-state index < -0.39 is 0 Å². The second-order valence-corrected chi connectivity index (χ2v) is 5.64. The molecule has 1 aromatic carbocycles. The van der Waals surface area contributed by atoms with Crippen molar-refractivity contribution < 1.29 is 5.11 Å². The number of aryl methyl sites for hydroxylation is 1. The standard InChI is InChI=1S/C14H21NO/c1-13(2,15)12-5-3-11(4-6-12)7-8-14(16)9-10-14/h3-6,16H,7-10,15H2,1-2H3. The van der Waals surface area contributed by atoms with Crippen LogP contribution in [0.5, 0.6) is 0 Å². The van der Waals surface area contributed by atoms with Crippen LogP contribution in [-0.2, 0) is 12.0 Å². The molecule has 0 aromatic heterocycles. The summed E-state index contributed by atoms with van der Waals surface area (Å²) >= 11 is 0. The molecule has 0 atom stereocenters. The monoisotopic (exact) mass is 219 g/mol. The van der Waals surface area contributed by atoms with Crippen molar-refractivity contribution in [1.82, 2.24) is 0 Å². The van der Waals surface area contributed by atoms with E-state index in [0.29, 0.717) is 0 Å². The first-order valence-electron chi connectivity index (χ1n) is 6.00. The maximum atomic E-state index is 9.75. The molecule has 0 heterocycles.